The topological polar surface area (TPSA) is 101 Å². The van der Waals surface area contributed by atoms with Crippen LogP contribution in [-0.4, -0.2) is 29.9 Å². The number of rotatable bonds is 8. The SMILES string of the molecule is CC1C(c2ccccc2-c2nc(-c3ccccc3)nc(-c3ccccc3)n2)=CC(c2cccc(-c3nc(-c4ccccc4)nc(-c4ccccc4)n3)c2)=CC1C#N. The van der Waals surface area contributed by atoms with Gasteiger partial charge in [-0.1, -0.05) is 183 Å². The molecular weight excluding hydrogens is 699 g/mol. The highest BCUT2D eigenvalue weighted by Gasteiger charge is 2.28. The third-order valence-electron chi connectivity index (χ3n) is 10.2. The Balaban J connectivity index is 1.15. The Kier molecular flexibility index (Phi) is 9.58. The van der Waals surface area contributed by atoms with Crippen molar-refractivity contribution in [3.63, 3.8) is 0 Å². The first-order chi connectivity index (χ1) is 28.1. The molecule has 7 heteroatoms. The molecule has 9 rings (SSSR count). The van der Waals surface area contributed by atoms with Gasteiger partial charge in [-0.2, -0.15) is 5.26 Å². The fourth-order valence-corrected chi connectivity index (χ4v) is 7.16. The molecule has 2 heterocycles. The number of nitriles is 1. The molecule has 0 saturated heterocycles. The molecule has 2 atom stereocenters. The molecule has 1 aliphatic carbocycles. The van der Waals surface area contributed by atoms with Gasteiger partial charge >= 0.3 is 0 Å². The van der Waals surface area contributed by atoms with Gasteiger partial charge in [0.15, 0.2) is 34.9 Å². The van der Waals surface area contributed by atoms with Gasteiger partial charge in [-0.3, -0.25) is 0 Å². The van der Waals surface area contributed by atoms with Crippen LogP contribution in [0.5, 0.6) is 0 Å². The maximum Gasteiger partial charge on any atom is 0.164 e. The van der Waals surface area contributed by atoms with Crippen LogP contribution in [0, 0.1) is 23.2 Å². The molecule has 0 bridgehead atoms. The number of allylic oxidation sites excluding steroid dienone is 4. The number of nitrogens with zero attached hydrogens (tertiary/aromatic N) is 7. The van der Waals surface area contributed by atoms with Gasteiger partial charge in [-0.25, -0.2) is 29.9 Å². The summed E-state index contributed by atoms with van der Waals surface area (Å²) in [6, 6.07) is 58.8. The van der Waals surface area contributed by atoms with Crippen LogP contribution in [0.25, 0.3) is 79.5 Å². The summed E-state index contributed by atoms with van der Waals surface area (Å²) in [6.07, 6.45) is 4.27. The van der Waals surface area contributed by atoms with Crippen LogP contribution in [0.4, 0.5) is 0 Å². The molecule has 270 valence electrons. The lowest BCUT2D eigenvalue weighted by atomic mass is 9.76. The van der Waals surface area contributed by atoms with Crippen molar-refractivity contribution in [2.24, 2.45) is 11.8 Å². The largest absolute Gasteiger partial charge is 0.208 e. The molecule has 6 aromatic carbocycles. The molecule has 0 fully saturated rings. The zero-order valence-corrected chi connectivity index (χ0v) is 31.1. The molecule has 0 N–H and O–H groups in total. The van der Waals surface area contributed by atoms with Crippen molar-refractivity contribution >= 4 is 11.1 Å². The molecular formula is C50H35N7. The van der Waals surface area contributed by atoms with E-state index in [1.54, 1.807) is 0 Å². The number of benzene rings is 6. The summed E-state index contributed by atoms with van der Waals surface area (Å²) in [7, 11) is 0. The Morgan fingerprint density at radius 2 is 0.772 bits per heavy atom. The molecule has 2 unspecified atom stereocenters. The van der Waals surface area contributed by atoms with Gasteiger partial charge in [-0.15, -0.1) is 0 Å². The Bertz CT molecular complexity index is 2700. The van der Waals surface area contributed by atoms with E-state index >= 15 is 0 Å². The smallest absolute Gasteiger partial charge is 0.164 e. The predicted octanol–water partition coefficient (Wildman–Crippen LogP) is 11.3. The van der Waals surface area contributed by atoms with Crippen molar-refractivity contribution in [1.29, 1.82) is 5.26 Å². The van der Waals surface area contributed by atoms with Crippen LogP contribution in [0.3, 0.4) is 0 Å². The van der Waals surface area contributed by atoms with Crippen molar-refractivity contribution in [3.8, 4) is 74.4 Å². The third-order valence-corrected chi connectivity index (χ3v) is 10.2. The summed E-state index contributed by atoms with van der Waals surface area (Å²) < 4.78 is 0. The van der Waals surface area contributed by atoms with Gasteiger partial charge in [0.05, 0.1) is 12.0 Å². The van der Waals surface area contributed by atoms with Crippen molar-refractivity contribution < 1.29 is 0 Å². The number of aromatic nitrogens is 6. The van der Waals surface area contributed by atoms with Crippen LogP contribution < -0.4 is 0 Å². The summed E-state index contributed by atoms with van der Waals surface area (Å²) in [4.78, 5) is 29.8. The van der Waals surface area contributed by atoms with E-state index in [1.807, 2.05) is 146 Å². The van der Waals surface area contributed by atoms with Crippen molar-refractivity contribution in [1.82, 2.24) is 29.9 Å². The quantitative estimate of drug-likeness (QED) is 0.153. The maximum absolute atomic E-state index is 10.5. The summed E-state index contributed by atoms with van der Waals surface area (Å²) in [5.41, 5.74) is 9.23. The summed E-state index contributed by atoms with van der Waals surface area (Å²) in [5, 5.41) is 10.5. The highest BCUT2D eigenvalue weighted by atomic mass is 15.0. The average molecular weight is 734 g/mol. The minimum atomic E-state index is -0.374. The Morgan fingerprint density at radius 3 is 1.23 bits per heavy atom. The van der Waals surface area contributed by atoms with E-state index in [1.165, 1.54) is 0 Å². The van der Waals surface area contributed by atoms with Gasteiger partial charge in [0.2, 0.25) is 0 Å². The van der Waals surface area contributed by atoms with E-state index in [4.69, 9.17) is 29.9 Å². The monoisotopic (exact) mass is 733 g/mol. The van der Waals surface area contributed by atoms with E-state index < -0.39 is 0 Å². The van der Waals surface area contributed by atoms with Crippen LogP contribution in [0.1, 0.15) is 18.1 Å². The zero-order valence-electron chi connectivity index (χ0n) is 31.1. The predicted molar refractivity (Wildman–Crippen MR) is 226 cm³/mol. The second kappa shape index (κ2) is 15.6. The molecule has 0 aliphatic heterocycles. The zero-order chi connectivity index (χ0) is 38.6. The van der Waals surface area contributed by atoms with E-state index in [9.17, 15) is 5.26 Å². The van der Waals surface area contributed by atoms with E-state index in [0.717, 1.165) is 55.7 Å². The number of hydrogen-bond acceptors (Lipinski definition) is 7. The van der Waals surface area contributed by atoms with Gasteiger partial charge in [0.1, 0.15) is 0 Å². The average Bonchev–Trinajstić information content (AvgIpc) is 3.30. The lowest BCUT2D eigenvalue weighted by Gasteiger charge is -2.26. The van der Waals surface area contributed by atoms with Gasteiger partial charge in [-0.05, 0) is 28.3 Å². The second-order valence-corrected chi connectivity index (χ2v) is 13.9. The van der Waals surface area contributed by atoms with E-state index in [-0.39, 0.29) is 11.8 Å². The van der Waals surface area contributed by atoms with Crippen molar-refractivity contribution in [2.45, 2.75) is 6.92 Å². The molecule has 7 nitrogen and oxygen atoms in total. The summed E-state index contributed by atoms with van der Waals surface area (Å²) in [6.45, 7) is 2.11. The fourth-order valence-electron chi connectivity index (χ4n) is 7.16. The lowest BCUT2D eigenvalue weighted by Crippen LogP contribution is -2.15. The second-order valence-electron chi connectivity index (χ2n) is 13.9. The first kappa shape index (κ1) is 35.0. The van der Waals surface area contributed by atoms with Crippen LogP contribution >= 0.6 is 0 Å². The minimum Gasteiger partial charge on any atom is -0.208 e. The summed E-state index contributed by atoms with van der Waals surface area (Å²) >= 11 is 0. The van der Waals surface area contributed by atoms with Crippen LogP contribution in [0.2, 0.25) is 0 Å². The molecule has 0 saturated carbocycles. The minimum absolute atomic E-state index is 0.0995. The Hall–Kier alpha value is -7.69. The van der Waals surface area contributed by atoms with Crippen LogP contribution in [-0.2, 0) is 0 Å². The van der Waals surface area contributed by atoms with Gasteiger partial charge < -0.3 is 0 Å². The Morgan fingerprint density at radius 1 is 0.404 bits per heavy atom. The maximum atomic E-state index is 10.5. The molecule has 0 radical (unpaired) electrons. The van der Waals surface area contributed by atoms with Crippen molar-refractivity contribution in [2.75, 3.05) is 0 Å². The highest BCUT2D eigenvalue weighted by molar-refractivity contribution is 5.92. The van der Waals surface area contributed by atoms with Crippen LogP contribution in [0.15, 0.2) is 182 Å². The molecule has 57 heavy (non-hydrogen) atoms. The summed E-state index contributed by atoms with van der Waals surface area (Å²) in [5.74, 6) is 3.05. The molecule has 8 aromatic rings. The van der Waals surface area contributed by atoms with E-state index in [2.05, 4.69) is 49.4 Å². The van der Waals surface area contributed by atoms with E-state index in [0.29, 0.717) is 34.9 Å². The molecule has 0 spiro atoms. The first-order valence-electron chi connectivity index (χ1n) is 18.9. The lowest BCUT2D eigenvalue weighted by molar-refractivity contribution is 0.637. The van der Waals surface area contributed by atoms with Crippen molar-refractivity contribution in [3.05, 3.63) is 193 Å². The first-order valence-corrected chi connectivity index (χ1v) is 18.9. The molecule has 1 aliphatic rings. The van der Waals surface area contributed by atoms with Gasteiger partial charge in [0.25, 0.3) is 0 Å². The molecule has 0 amide bonds. The normalized spacial score (nSPS) is 14.9. The highest BCUT2D eigenvalue weighted by Crippen LogP contribution is 2.42. The third kappa shape index (κ3) is 7.28. The standard InChI is InChI=1S/C50H35N7/c1-33-41(32-51)30-40(38-25-16-26-39(29-38)49-54-45(34-17-6-2-7-18-34)52-46(55-49)35-19-8-3-9-20-35)31-44(33)42-27-14-15-28-43(42)50-56-47(36-21-10-4-11-22-36)53-48(57-50)37-23-12-5-13-24-37/h2-31,33,41H,1H3. The Labute approximate surface area is 331 Å². The fraction of sp³-hybridized carbons (Fsp3) is 0.0600. The number of hydrogen-bond donors (Lipinski definition) is 0. The van der Waals surface area contributed by atoms with Gasteiger partial charge in [0, 0.05) is 39.3 Å². The molecule has 2 aromatic heterocycles.